The van der Waals surface area contributed by atoms with E-state index in [9.17, 15) is 13.6 Å². The first-order valence-corrected chi connectivity index (χ1v) is 5.06. The molecule has 0 aliphatic heterocycles. The molecule has 0 aliphatic rings. The summed E-state index contributed by atoms with van der Waals surface area (Å²) in [7, 11) is 0. The van der Waals surface area contributed by atoms with E-state index in [0.717, 1.165) is 0 Å². The lowest BCUT2D eigenvalue weighted by molar-refractivity contribution is -0.0501. The molecule has 5 heteroatoms. The van der Waals surface area contributed by atoms with Crippen LogP contribution >= 0.6 is 0 Å². The monoisotopic (exact) mass is 239 g/mol. The number of Topliss-reactive ketones (excluding diaryl/α,β-unsaturated/α-hetero) is 1. The van der Waals surface area contributed by atoms with Crippen molar-refractivity contribution in [1.29, 1.82) is 5.26 Å². The second-order valence-electron chi connectivity index (χ2n) is 3.32. The number of halogens is 2. The Morgan fingerprint density at radius 1 is 1.53 bits per heavy atom. The summed E-state index contributed by atoms with van der Waals surface area (Å²) in [5.41, 5.74) is 0.700. The van der Waals surface area contributed by atoms with E-state index in [0.29, 0.717) is 5.56 Å². The minimum Gasteiger partial charge on any atom is -0.434 e. The van der Waals surface area contributed by atoms with Crippen molar-refractivity contribution < 1.29 is 18.3 Å². The van der Waals surface area contributed by atoms with Crippen molar-refractivity contribution in [3.05, 3.63) is 29.3 Å². The van der Waals surface area contributed by atoms with Crippen LogP contribution in [0, 0.1) is 11.3 Å². The molecule has 0 aliphatic carbocycles. The van der Waals surface area contributed by atoms with E-state index < -0.39 is 6.61 Å². The minimum atomic E-state index is -2.97. The number of nitriles is 1. The molecular weight excluding hydrogens is 228 g/mol. The summed E-state index contributed by atoms with van der Waals surface area (Å²) in [5.74, 6) is -0.436. The van der Waals surface area contributed by atoms with Gasteiger partial charge in [0.25, 0.3) is 0 Å². The topological polar surface area (TPSA) is 50.1 Å². The number of nitrogens with zero attached hydrogens (tertiary/aromatic N) is 1. The van der Waals surface area contributed by atoms with Crippen LogP contribution in [0.3, 0.4) is 0 Å². The average Bonchev–Trinajstić information content (AvgIpc) is 2.30. The Morgan fingerprint density at radius 3 is 2.76 bits per heavy atom. The SMILES string of the molecule is CCC(=O)c1cc(CC#N)ccc1OC(F)F. The van der Waals surface area contributed by atoms with Gasteiger partial charge in [-0.25, -0.2) is 0 Å². The summed E-state index contributed by atoms with van der Waals surface area (Å²) in [4.78, 5) is 11.6. The maximum Gasteiger partial charge on any atom is 0.387 e. The first-order chi connectivity index (χ1) is 8.08. The van der Waals surface area contributed by atoms with E-state index in [1.54, 1.807) is 6.92 Å². The molecule has 1 rings (SSSR count). The molecule has 0 amide bonds. The fraction of sp³-hybridized carbons (Fsp3) is 0.333. The number of benzene rings is 1. The molecular formula is C12H11F2NO2. The van der Waals surface area contributed by atoms with Crippen LogP contribution in [-0.4, -0.2) is 12.4 Å². The van der Waals surface area contributed by atoms with Gasteiger partial charge >= 0.3 is 6.61 Å². The molecule has 0 bridgehead atoms. The average molecular weight is 239 g/mol. The van der Waals surface area contributed by atoms with Gasteiger partial charge in [0, 0.05) is 6.42 Å². The Kier molecular flexibility index (Phi) is 4.58. The molecule has 1 aromatic rings. The van der Waals surface area contributed by atoms with Gasteiger partial charge in [0.05, 0.1) is 18.1 Å². The summed E-state index contributed by atoms with van der Waals surface area (Å²) in [6.07, 6.45) is 0.314. The van der Waals surface area contributed by atoms with Gasteiger partial charge in [-0.3, -0.25) is 4.79 Å². The van der Waals surface area contributed by atoms with Crippen molar-refractivity contribution in [2.75, 3.05) is 0 Å². The van der Waals surface area contributed by atoms with Crippen LogP contribution in [0.1, 0.15) is 29.3 Å². The normalized spacial score (nSPS) is 10.1. The quantitative estimate of drug-likeness (QED) is 0.742. The van der Waals surface area contributed by atoms with E-state index in [1.807, 2.05) is 6.07 Å². The molecule has 0 radical (unpaired) electrons. The number of hydrogen-bond donors (Lipinski definition) is 0. The highest BCUT2D eigenvalue weighted by Gasteiger charge is 2.15. The van der Waals surface area contributed by atoms with Crippen LogP contribution in [0.15, 0.2) is 18.2 Å². The van der Waals surface area contributed by atoms with Gasteiger partial charge in [-0.1, -0.05) is 13.0 Å². The number of carbonyl (C=O) groups is 1. The molecule has 0 saturated heterocycles. The number of rotatable bonds is 5. The molecule has 3 nitrogen and oxygen atoms in total. The molecule has 1 aromatic carbocycles. The van der Waals surface area contributed by atoms with Gasteiger partial charge in [-0.2, -0.15) is 14.0 Å². The largest absolute Gasteiger partial charge is 0.434 e. The zero-order valence-electron chi connectivity index (χ0n) is 9.24. The number of carbonyl (C=O) groups excluding carboxylic acids is 1. The molecule has 0 fully saturated rings. The Morgan fingerprint density at radius 2 is 2.24 bits per heavy atom. The summed E-state index contributed by atoms with van der Waals surface area (Å²) < 4.78 is 28.5. The van der Waals surface area contributed by atoms with Crippen LogP contribution in [0.2, 0.25) is 0 Å². The third-order valence-corrected chi connectivity index (χ3v) is 2.16. The van der Waals surface area contributed by atoms with Gasteiger partial charge in [0.15, 0.2) is 5.78 Å². The molecule has 0 spiro atoms. The third-order valence-electron chi connectivity index (χ3n) is 2.16. The van der Waals surface area contributed by atoms with Gasteiger partial charge in [-0.15, -0.1) is 0 Å². The van der Waals surface area contributed by atoms with Gasteiger partial charge in [0.1, 0.15) is 5.75 Å². The smallest absolute Gasteiger partial charge is 0.387 e. The highest BCUT2D eigenvalue weighted by molar-refractivity contribution is 5.98. The van der Waals surface area contributed by atoms with Crippen LogP contribution in [0.25, 0.3) is 0 Å². The highest BCUT2D eigenvalue weighted by atomic mass is 19.3. The second kappa shape index (κ2) is 5.94. The zero-order valence-corrected chi connectivity index (χ0v) is 9.24. The standard InChI is InChI=1S/C12H11F2NO2/c1-2-10(16)9-7-8(5-6-15)3-4-11(9)17-12(13)14/h3-4,7,12H,2,5H2,1H3. The number of ketones is 1. The third kappa shape index (κ3) is 3.52. The molecule has 90 valence electrons. The maximum absolute atomic E-state index is 12.1. The van der Waals surface area contributed by atoms with Gasteiger partial charge < -0.3 is 4.74 Å². The summed E-state index contributed by atoms with van der Waals surface area (Å²) >= 11 is 0. The van der Waals surface area contributed by atoms with E-state index in [2.05, 4.69) is 4.74 Å². The lowest BCUT2D eigenvalue weighted by atomic mass is 10.0. The Balaban J connectivity index is 3.12. The maximum atomic E-state index is 12.1. The van der Waals surface area contributed by atoms with Crippen LogP contribution in [0.5, 0.6) is 5.75 Å². The fourth-order valence-electron chi connectivity index (χ4n) is 1.39. The van der Waals surface area contributed by atoms with E-state index in [1.165, 1.54) is 18.2 Å². The van der Waals surface area contributed by atoms with Crippen molar-refractivity contribution in [2.45, 2.75) is 26.4 Å². The van der Waals surface area contributed by atoms with Gasteiger partial charge in [-0.05, 0) is 17.7 Å². The summed E-state index contributed by atoms with van der Waals surface area (Å²) in [6.45, 7) is -1.34. The van der Waals surface area contributed by atoms with E-state index in [4.69, 9.17) is 5.26 Å². The molecule has 0 aromatic heterocycles. The zero-order chi connectivity index (χ0) is 12.8. The predicted molar refractivity (Wildman–Crippen MR) is 57.0 cm³/mol. The van der Waals surface area contributed by atoms with Crippen molar-refractivity contribution in [1.82, 2.24) is 0 Å². The first kappa shape index (κ1) is 13.1. The van der Waals surface area contributed by atoms with Gasteiger partial charge in [0.2, 0.25) is 0 Å². The fourth-order valence-corrected chi connectivity index (χ4v) is 1.39. The molecule has 17 heavy (non-hydrogen) atoms. The number of ether oxygens (including phenoxy) is 1. The lowest BCUT2D eigenvalue weighted by Crippen LogP contribution is -2.08. The summed E-state index contributed by atoms with van der Waals surface area (Å²) in [5, 5.41) is 8.53. The summed E-state index contributed by atoms with van der Waals surface area (Å²) in [6, 6.07) is 6.14. The van der Waals surface area contributed by atoms with Crippen molar-refractivity contribution >= 4 is 5.78 Å². The van der Waals surface area contributed by atoms with E-state index in [-0.39, 0.29) is 29.9 Å². The molecule has 0 heterocycles. The first-order valence-electron chi connectivity index (χ1n) is 5.06. The second-order valence-corrected chi connectivity index (χ2v) is 3.32. The molecule has 0 saturated carbocycles. The minimum absolute atomic E-state index is 0.0977. The lowest BCUT2D eigenvalue weighted by Gasteiger charge is -2.10. The van der Waals surface area contributed by atoms with E-state index >= 15 is 0 Å². The Labute approximate surface area is 97.6 Å². The van der Waals surface area contributed by atoms with Crippen LogP contribution in [0.4, 0.5) is 8.78 Å². The molecule has 0 unspecified atom stereocenters. The highest BCUT2D eigenvalue weighted by Crippen LogP contribution is 2.23. The van der Waals surface area contributed by atoms with Crippen LogP contribution < -0.4 is 4.74 Å². The Hall–Kier alpha value is -1.96. The molecule has 0 atom stereocenters. The van der Waals surface area contributed by atoms with Crippen LogP contribution in [-0.2, 0) is 6.42 Å². The Bertz CT molecular complexity index is 452. The number of alkyl halides is 2. The predicted octanol–water partition coefficient (Wildman–Crippen LogP) is 2.95. The van der Waals surface area contributed by atoms with Crippen molar-refractivity contribution in [3.8, 4) is 11.8 Å². The van der Waals surface area contributed by atoms with Crippen molar-refractivity contribution in [3.63, 3.8) is 0 Å². The number of hydrogen-bond acceptors (Lipinski definition) is 3. The van der Waals surface area contributed by atoms with Crippen molar-refractivity contribution in [2.24, 2.45) is 0 Å². The molecule has 0 N–H and O–H groups in total.